The van der Waals surface area contributed by atoms with E-state index in [0.29, 0.717) is 28.4 Å². The first-order valence-electron chi connectivity index (χ1n) is 10.0. The maximum absolute atomic E-state index is 12.9. The Bertz CT molecular complexity index is 1240. The number of rotatable bonds is 6. The lowest BCUT2D eigenvalue weighted by atomic mass is 10.1. The van der Waals surface area contributed by atoms with E-state index in [1.807, 2.05) is 27.0 Å². The van der Waals surface area contributed by atoms with Gasteiger partial charge in [0.05, 0.1) is 22.5 Å². The Kier molecular flexibility index (Phi) is 5.74. The van der Waals surface area contributed by atoms with Gasteiger partial charge >= 0.3 is 0 Å². The molecule has 0 atom stereocenters. The molecule has 0 bridgehead atoms. The summed E-state index contributed by atoms with van der Waals surface area (Å²) in [6.45, 7) is 5.65. The van der Waals surface area contributed by atoms with Gasteiger partial charge in [-0.05, 0) is 56.0 Å². The van der Waals surface area contributed by atoms with Gasteiger partial charge in [0.15, 0.2) is 5.84 Å². The number of pyridine rings is 1. The van der Waals surface area contributed by atoms with Crippen LogP contribution in [-0.2, 0) is 0 Å². The number of nitrogens with zero attached hydrogens (tertiary/aromatic N) is 4. The van der Waals surface area contributed by atoms with E-state index >= 15 is 0 Å². The molecule has 4 rings (SSSR count). The van der Waals surface area contributed by atoms with Crippen molar-refractivity contribution < 1.29 is 18.6 Å². The second-order valence-electron chi connectivity index (χ2n) is 8.23. The Balaban J connectivity index is 1.46. The number of aryl methyl sites for hydroxylation is 1. The first-order chi connectivity index (χ1) is 15.5. The molecule has 3 aromatic rings. The van der Waals surface area contributed by atoms with Gasteiger partial charge in [-0.25, -0.2) is 9.97 Å². The summed E-state index contributed by atoms with van der Waals surface area (Å²) in [4.78, 5) is 21.4. The third kappa shape index (κ3) is 5.08. The highest BCUT2D eigenvalue weighted by Crippen LogP contribution is 2.46. The van der Waals surface area contributed by atoms with E-state index < -0.39 is 16.5 Å². The van der Waals surface area contributed by atoms with Gasteiger partial charge in [0.2, 0.25) is 0 Å². The zero-order chi connectivity index (χ0) is 23.8. The number of carbonyl (C=O) groups is 1. The molecule has 0 unspecified atom stereocenters. The zero-order valence-corrected chi connectivity index (χ0v) is 19.1. The van der Waals surface area contributed by atoms with Crippen molar-refractivity contribution in [3.05, 3.63) is 65.9 Å². The molecule has 33 heavy (non-hydrogen) atoms. The Labute approximate surface area is 192 Å². The highest BCUT2D eigenvalue weighted by Gasteiger charge is 2.27. The van der Waals surface area contributed by atoms with Crippen molar-refractivity contribution in [1.82, 2.24) is 19.9 Å². The maximum atomic E-state index is 12.9. The largest absolute Gasteiger partial charge is 0.490 e. The SMILES string of the molecule is Cc1cn(-c2cc(C(=O)NC(C)(C)COc3cccc4c3C(N)=NS(O)(O)N4)ccn2)cn1. The van der Waals surface area contributed by atoms with Gasteiger partial charge in [-0.1, -0.05) is 6.07 Å². The number of ether oxygens (including phenoxy) is 1. The summed E-state index contributed by atoms with van der Waals surface area (Å²) >= 11 is 0. The molecule has 6 N–H and O–H groups in total. The fraction of sp³-hybridized carbons (Fsp3) is 0.238. The molecule has 174 valence electrons. The van der Waals surface area contributed by atoms with Crippen molar-refractivity contribution in [3.63, 3.8) is 0 Å². The number of amides is 1. The van der Waals surface area contributed by atoms with Crippen LogP contribution in [0, 0.1) is 6.92 Å². The molecule has 1 aliphatic heterocycles. The minimum atomic E-state index is -3.38. The third-order valence-corrected chi connectivity index (χ3v) is 5.72. The topological polar surface area (TPSA) is 160 Å². The lowest BCUT2D eigenvalue weighted by molar-refractivity contribution is 0.0880. The van der Waals surface area contributed by atoms with Crippen molar-refractivity contribution in [2.75, 3.05) is 11.3 Å². The second kappa shape index (κ2) is 8.39. The summed E-state index contributed by atoms with van der Waals surface area (Å²) in [6.07, 6.45) is 5.03. The van der Waals surface area contributed by atoms with E-state index in [-0.39, 0.29) is 18.3 Å². The number of carbonyl (C=O) groups excluding carboxylic acids is 1. The monoisotopic (exact) mass is 471 g/mol. The molecular formula is C21H25N7O4S. The summed E-state index contributed by atoms with van der Waals surface area (Å²) in [5, 5.41) is 2.96. The van der Waals surface area contributed by atoms with Crippen molar-refractivity contribution in [2.45, 2.75) is 26.3 Å². The van der Waals surface area contributed by atoms with Crippen LogP contribution < -0.4 is 20.5 Å². The molecule has 3 heterocycles. The Morgan fingerprint density at radius 1 is 1.30 bits per heavy atom. The molecule has 1 aliphatic rings. The van der Waals surface area contributed by atoms with Crippen LogP contribution in [0.5, 0.6) is 5.75 Å². The van der Waals surface area contributed by atoms with E-state index in [9.17, 15) is 13.9 Å². The quantitative estimate of drug-likeness (QED) is 0.367. The number of imidazole rings is 1. The number of aromatic nitrogens is 3. The molecule has 0 saturated carbocycles. The van der Waals surface area contributed by atoms with Crippen molar-refractivity contribution in [2.24, 2.45) is 10.1 Å². The second-order valence-corrected chi connectivity index (χ2v) is 9.65. The molecule has 0 radical (unpaired) electrons. The number of anilines is 1. The number of hydrogen-bond acceptors (Lipinski definition) is 9. The van der Waals surface area contributed by atoms with E-state index in [1.165, 1.54) is 0 Å². The number of hydrogen-bond donors (Lipinski definition) is 5. The van der Waals surface area contributed by atoms with E-state index in [0.717, 1.165) is 5.69 Å². The van der Waals surface area contributed by atoms with Crippen LogP contribution in [0.15, 0.2) is 53.5 Å². The van der Waals surface area contributed by atoms with Crippen LogP contribution in [0.25, 0.3) is 5.82 Å². The van der Waals surface area contributed by atoms with Crippen molar-refractivity contribution >= 4 is 28.4 Å². The van der Waals surface area contributed by atoms with E-state index in [4.69, 9.17) is 10.5 Å². The number of fused-ring (bicyclic) bond motifs is 1. The van der Waals surface area contributed by atoms with Crippen LogP contribution in [0.3, 0.4) is 0 Å². The van der Waals surface area contributed by atoms with Gasteiger partial charge in [-0.3, -0.25) is 23.2 Å². The fourth-order valence-corrected chi connectivity index (χ4v) is 4.15. The molecule has 0 spiro atoms. The van der Waals surface area contributed by atoms with Gasteiger partial charge in [0.25, 0.3) is 5.91 Å². The van der Waals surface area contributed by atoms with Gasteiger partial charge in [-0.15, -0.1) is 4.40 Å². The normalized spacial score (nSPS) is 15.6. The van der Waals surface area contributed by atoms with Gasteiger partial charge in [-0.2, -0.15) is 0 Å². The smallest absolute Gasteiger partial charge is 0.252 e. The van der Waals surface area contributed by atoms with Gasteiger partial charge in [0, 0.05) is 18.0 Å². The first-order valence-corrected chi connectivity index (χ1v) is 11.5. The zero-order valence-electron chi connectivity index (χ0n) is 18.3. The molecule has 11 nitrogen and oxygen atoms in total. The van der Waals surface area contributed by atoms with Crippen molar-refractivity contribution in [3.8, 4) is 11.6 Å². The predicted molar refractivity (Wildman–Crippen MR) is 127 cm³/mol. The fourth-order valence-electron chi connectivity index (χ4n) is 3.27. The predicted octanol–water partition coefficient (Wildman–Crippen LogP) is 2.87. The summed E-state index contributed by atoms with van der Waals surface area (Å²) in [7, 11) is -3.38. The third-order valence-electron chi connectivity index (χ3n) is 4.78. The average Bonchev–Trinajstić information content (AvgIpc) is 3.17. The molecule has 12 heteroatoms. The minimum Gasteiger partial charge on any atom is -0.490 e. The Morgan fingerprint density at radius 2 is 2.09 bits per heavy atom. The minimum absolute atomic E-state index is 0.0414. The van der Waals surface area contributed by atoms with Crippen LogP contribution in [-0.4, -0.2) is 47.5 Å². The number of nitrogens with two attached hydrogens (primary N) is 1. The summed E-state index contributed by atoms with van der Waals surface area (Å²) in [6, 6.07) is 8.35. The Morgan fingerprint density at radius 3 is 2.82 bits per heavy atom. The van der Waals surface area contributed by atoms with Crippen LogP contribution >= 0.6 is 11.0 Å². The van der Waals surface area contributed by atoms with E-state index in [1.54, 1.807) is 47.4 Å². The maximum Gasteiger partial charge on any atom is 0.252 e. The highest BCUT2D eigenvalue weighted by atomic mass is 32.3. The lowest BCUT2D eigenvalue weighted by Gasteiger charge is -2.34. The number of nitrogens with one attached hydrogen (secondary N) is 2. The van der Waals surface area contributed by atoms with Crippen molar-refractivity contribution in [1.29, 1.82) is 0 Å². The number of amidine groups is 1. The molecular weight excluding hydrogens is 446 g/mol. The summed E-state index contributed by atoms with van der Waals surface area (Å²) in [5.74, 6) is 0.665. The molecule has 1 amide bonds. The average molecular weight is 472 g/mol. The van der Waals surface area contributed by atoms with E-state index in [2.05, 4.69) is 24.4 Å². The highest BCUT2D eigenvalue weighted by molar-refractivity contribution is 8.24. The number of benzene rings is 1. The summed E-state index contributed by atoms with van der Waals surface area (Å²) < 4.78 is 33.5. The van der Waals surface area contributed by atoms with Crippen LogP contribution in [0.2, 0.25) is 0 Å². The lowest BCUT2D eigenvalue weighted by Crippen LogP contribution is -2.48. The van der Waals surface area contributed by atoms with Gasteiger partial charge in [0.1, 0.15) is 24.5 Å². The molecule has 0 saturated heterocycles. The van der Waals surface area contributed by atoms with Crippen LogP contribution in [0.4, 0.5) is 5.69 Å². The molecule has 2 aromatic heterocycles. The molecule has 0 fully saturated rings. The standard InChI is InChI=1S/C21H25N7O4S/c1-13-10-28(12-24-13)17-9-14(7-8-23-17)20(29)25-21(2,3)11-32-16-6-4-5-15-18(16)19(22)27-33(30,31)26-15/h4-10,12,26,30-31H,11H2,1-3H3,(H2,22,27)(H,25,29). The van der Waals surface area contributed by atoms with Gasteiger partial charge < -0.3 is 15.8 Å². The Hall–Kier alpha value is -3.61. The summed E-state index contributed by atoms with van der Waals surface area (Å²) in [5.41, 5.74) is 7.31. The molecule has 0 aliphatic carbocycles. The molecule has 1 aromatic carbocycles. The first kappa shape index (κ1) is 22.6. The van der Waals surface area contributed by atoms with Crippen LogP contribution in [0.1, 0.15) is 35.5 Å².